The number of nitrogens with zero attached hydrogens (tertiary/aromatic N) is 2. The van der Waals surface area contributed by atoms with Gasteiger partial charge >= 0.3 is 5.97 Å². The summed E-state index contributed by atoms with van der Waals surface area (Å²) in [5, 5.41) is 11.9. The van der Waals surface area contributed by atoms with E-state index in [0.717, 1.165) is 23.5 Å². The molecule has 1 fully saturated rings. The number of aromatic nitrogens is 1. The van der Waals surface area contributed by atoms with Crippen LogP contribution in [0.3, 0.4) is 0 Å². The molecule has 0 bridgehead atoms. The van der Waals surface area contributed by atoms with Crippen molar-refractivity contribution < 1.29 is 14.7 Å². The first kappa shape index (κ1) is 15.3. The summed E-state index contributed by atoms with van der Waals surface area (Å²) in [5.41, 5.74) is 0.984. The lowest BCUT2D eigenvalue weighted by Gasteiger charge is -2.20. The molecule has 1 N–H and O–H groups in total. The van der Waals surface area contributed by atoms with Gasteiger partial charge in [-0.3, -0.25) is 9.59 Å². The number of carbonyl (C=O) groups excluding carboxylic acids is 1. The van der Waals surface area contributed by atoms with Crippen molar-refractivity contribution in [3.8, 4) is 0 Å². The summed E-state index contributed by atoms with van der Waals surface area (Å²) in [7, 11) is 0. The number of hydrogen-bond acceptors (Lipinski definition) is 5. The Morgan fingerprint density at radius 3 is 2.85 bits per heavy atom. The van der Waals surface area contributed by atoms with Crippen molar-refractivity contribution in [1.29, 1.82) is 0 Å². The standard InChI is InChI=1S/C13H18N2O3S2/c1-9-14-11(7-20-9)6-19-8-12(16)15(5-13(17)18)4-10-2-3-10/h7,10H,2-6,8H2,1H3,(H,17,18). The molecule has 7 heteroatoms. The molecule has 5 nitrogen and oxygen atoms in total. The molecule has 0 radical (unpaired) electrons. The van der Waals surface area contributed by atoms with Crippen molar-refractivity contribution in [2.24, 2.45) is 5.92 Å². The fraction of sp³-hybridized carbons (Fsp3) is 0.615. The Morgan fingerprint density at radius 1 is 1.55 bits per heavy atom. The van der Waals surface area contributed by atoms with Crippen LogP contribution in [0.4, 0.5) is 0 Å². The molecule has 1 saturated carbocycles. The number of hydrogen-bond donors (Lipinski definition) is 1. The smallest absolute Gasteiger partial charge is 0.323 e. The molecule has 0 unspecified atom stereocenters. The molecule has 0 aliphatic heterocycles. The van der Waals surface area contributed by atoms with Crippen LogP contribution in [0.15, 0.2) is 5.38 Å². The maximum absolute atomic E-state index is 12.1. The second-order valence-corrected chi connectivity index (χ2v) is 7.01. The molecule has 1 heterocycles. The Balaban J connectivity index is 1.76. The molecule has 0 spiro atoms. The summed E-state index contributed by atoms with van der Waals surface area (Å²) in [4.78, 5) is 28.7. The Kier molecular flexibility index (Phi) is 5.42. The minimum absolute atomic E-state index is 0.0868. The van der Waals surface area contributed by atoms with Gasteiger partial charge in [-0.05, 0) is 25.7 Å². The number of amides is 1. The molecular weight excluding hydrogens is 296 g/mol. The molecule has 0 aromatic carbocycles. The molecule has 0 atom stereocenters. The van der Waals surface area contributed by atoms with E-state index in [1.165, 1.54) is 16.7 Å². The summed E-state index contributed by atoms with van der Waals surface area (Å²) < 4.78 is 0. The molecule has 20 heavy (non-hydrogen) atoms. The van der Waals surface area contributed by atoms with Gasteiger partial charge < -0.3 is 10.0 Å². The minimum Gasteiger partial charge on any atom is -0.480 e. The molecule has 110 valence electrons. The van der Waals surface area contributed by atoms with Gasteiger partial charge in [-0.2, -0.15) is 0 Å². The zero-order valence-corrected chi connectivity index (χ0v) is 13.0. The van der Waals surface area contributed by atoms with Crippen LogP contribution in [0.5, 0.6) is 0 Å². The fourth-order valence-electron chi connectivity index (χ4n) is 1.84. The third kappa shape index (κ3) is 5.13. The number of thiazole rings is 1. The SMILES string of the molecule is Cc1nc(CSCC(=O)N(CC(=O)O)CC2CC2)cs1. The maximum atomic E-state index is 12.1. The zero-order chi connectivity index (χ0) is 14.5. The molecule has 1 aromatic rings. The molecule has 0 saturated heterocycles. The van der Waals surface area contributed by atoms with E-state index in [-0.39, 0.29) is 12.5 Å². The third-order valence-electron chi connectivity index (χ3n) is 3.00. The summed E-state index contributed by atoms with van der Waals surface area (Å²) >= 11 is 3.09. The van der Waals surface area contributed by atoms with Crippen LogP contribution in [0.2, 0.25) is 0 Å². The average molecular weight is 314 g/mol. The number of carbonyl (C=O) groups is 2. The monoisotopic (exact) mass is 314 g/mol. The van der Waals surface area contributed by atoms with E-state index in [0.29, 0.717) is 24.0 Å². The van der Waals surface area contributed by atoms with Crippen molar-refractivity contribution in [2.75, 3.05) is 18.8 Å². The van der Waals surface area contributed by atoms with Gasteiger partial charge in [0.1, 0.15) is 6.54 Å². The van der Waals surface area contributed by atoms with Gasteiger partial charge in [0.15, 0.2) is 0 Å². The summed E-state index contributed by atoms with van der Waals surface area (Å²) in [5.74, 6) is 0.483. The van der Waals surface area contributed by atoms with E-state index in [4.69, 9.17) is 5.11 Å². The van der Waals surface area contributed by atoms with Gasteiger partial charge in [0, 0.05) is 17.7 Å². The maximum Gasteiger partial charge on any atom is 0.323 e. The Labute approximate surface area is 126 Å². The first-order chi connectivity index (χ1) is 9.54. The van der Waals surface area contributed by atoms with Crippen molar-refractivity contribution >= 4 is 35.0 Å². The van der Waals surface area contributed by atoms with Crippen LogP contribution in [-0.4, -0.2) is 45.7 Å². The van der Waals surface area contributed by atoms with Gasteiger partial charge in [-0.1, -0.05) is 0 Å². The predicted octanol–water partition coefficient (Wildman–Crippen LogP) is 2.01. The highest BCUT2D eigenvalue weighted by Gasteiger charge is 2.27. The zero-order valence-electron chi connectivity index (χ0n) is 11.4. The molecule has 1 aliphatic rings. The Morgan fingerprint density at radius 2 is 2.30 bits per heavy atom. The normalized spacial score (nSPS) is 14.2. The first-order valence-electron chi connectivity index (χ1n) is 6.53. The van der Waals surface area contributed by atoms with Crippen LogP contribution in [0.1, 0.15) is 23.5 Å². The van der Waals surface area contributed by atoms with Crippen LogP contribution in [0.25, 0.3) is 0 Å². The minimum atomic E-state index is -0.945. The summed E-state index contributed by atoms with van der Waals surface area (Å²) in [6, 6.07) is 0. The highest BCUT2D eigenvalue weighted by atomic mass is 32.2. The predicted molar refractivity (Wildman–Crippen MR) is 80.0 cm³/mol. The Hall–Kier alpha value is -1.08. The fourth-order valence-corrected chi connectivity index (χ4v) is 3.37. The van der Waals surface area contributed by atoms with E-state index in [1.54, 1.807) is 11.3 Å². The first-order valence-corrected chi connectivity index (χ1v) is 8.56. The number of carboxylic acids is 1. The van der Waals surface area contributed by atoms with Crippen molar-refractivity contribution in [1.82, 2.24) is 9.88 Å². The molecule has 1 amide bonds. The Bertz CT molecular complexity index is 486. The molecular formula is C13H18N2O3S2. The van der Waals surface area contributed by atoms with Crippen molar-refractivity contribution in [3.63, 3.8) is 0 Å². The molecule has 2 rings (SSSR count). The van der Waals surface area contributed by atoms with Gasteiger partial charge in [0.25, 0.3) is 0 Å². The van der Waals surface area contributed by atoms with E-state index >= 15 is 0 Å². The number of thioether (sulfide) groups is 1. The number of aryl methyl sites for hydroxylation is 1. The highest BCUT2D eigenvalue weighted by Crippen LogP contribution is 2.29. The second-order valence-electron chi connectivity index (χ2n) is 4.96. The van der Waals surface area contributed by atoms with Crippen molar-refractivity contribution in [2.45, 2.75) is 25.5 Å². The van der Waals surface area contributed by atoms with Crippen LogP contribution in [-0.2, 0) is 15.3 Å². The molecule has 1 aromatic heterocycles. The van der Waals surface area contributed by atoms with Gasteiger partial charge in [0.05, 0.1) is 16.5 Å². The van der Waals surface area contributed by atoms with E-state index in [9.17, 15) is 9.59 Å². The quantitative estimate of drug-likeness (QED) is 0.795. The van der Waals surface area contributed by atoms with Gasteiger partial charge in [0.2, 0.25) is 5.91 Å². The van der Waals surface area contributed by atoms with E-state index in [1.807, 2.05) is 12.3 Å². The van der Waals surface area contributed by atoms with Crippen LogP contribution < -0.4 is 0 Å². The number of carboxylic acid groups (broad SMARTS) is 1. The van der Waals surface area contributed by atoms with Crippen LogP contribution >= 0.6 is 23.1 Å². The van der Waals surface area contributed by atoms with Crippen molar-refractivity contribution in [3.05, 3.63) is 16.1 Å². The highest BCUT2D eigenvalue weighted by molar-refractivity contribution is 7.99. The van der Waals surface area contributed by atoms with Gasteiger partial charge in [-0.25, -0.2) is 4.98 Å². The summed E-state index contributed by atoms with van der Waals surface area (Å²) in [6.07, 6.45) is 2.21. The lowest BCUT2D eigenvalue weighted by molar-refractivity contribution is -0.143. The summed E-state index contributed by atoms with van der Waals surface area (Å²) in [6.45, 7) is 2.35. The lowest BCUT2D eigenvalue weighted by atomic mass is 10.3. The number of rotatable bonds is 8. The number of aliphatic carboxylic acids is 1. The molecule has 1 aliphatic carbocycles. The lowest BCUT2D eigenvalue weighted by Crippen LogP contribution is -2.38. The second kappa shape index (κ2) is 7.08. The van der Waals surface area contributed by atoms with E-state index < -0.39 is 5.97 Å². The van der Waals surface area contributed by atoms with E-state index in [2.05, 4.69) is 4.98 Å². The van der Waals surface area contributed by atoms with Crippen LogP contribution in [0, 0.1) is 12.8 Å². The third-order valence-corrected chi connectivity index (χ3v) is 4.77. The topological polar surface area (TPSA) is 70.5 Å². The largest absolute Gasteiger partial charge is 0.480 e. The van der Waals surface area contributed by atoms with Gasteiger partial charge in [-0.15, -0.1) is 23.1 Å². The average Bonchev–Trinajstić information content (AvgIpc) is 3.09.